The predicted octanol–water partition coefficient (Wildman–Crippen LogP) is 1.74. The van der Waals surface area contributed by atoms with E-state index in [-0.39, 0.29) is 22.7 Å². The summed E-state index contributed by atoms with van der Waals surface area (Å²) in [4.78, 5) is 12.0. The minimum absolute atomic E-state index is 0.00569. The Labute approximate surface area is 98.4 Å². The zero-order chi connectivity index (χ0) is 12.1. The van der Waals surface area contributed by atoms with Gasteiger partial charge in [0.05, 0.1) is 0 Å². The van der Waals surface area contributed by atoms with E-state index in [1.165, 1.54) is 11.3 Å². The maximum absolute atomic E-state index is 12.0. The summed E-state index contributed by atoms with van der Waals surface area (Å²) in [6.45, 7) is 8.41. The molecule has 1 heterocycles. The fourth-order valence-corrected chi connectivity index (χ4v) is 2.83. The number of nitrogens with one attached hydrogen (secondary N) is 1. The average molecular weight is 240 g/mol. The summed E-state index contributed by atoms with van der Waals surface area (Å²) in [5.74, 6) is 0.0243. The van der Waals surface area contributed by atoms with Gasteiger partial charge in [0.25, 0.3) is 0 Å². The Morgan fingerprint density at radius 2 is 1.88 bits per heavy atom. The van der Waals surface area contributed by atoms with Crippen LogP contribution in [-0.4, -0.2) is 16.1 Å². The Balaban J connectivity index is 2.06. The third kappa shape index (κ3) is 1.48. The topological polar surface area (TPSA) is 80.9 Å². The first-order chi connectivity index (χ1) is 7.26. The van der Waals surface area contributed by atoms with Gasteiger partial charge in [-0.15, -0.1) is 10.2 Å². The van der Waals surface area contributed by atoms with Crippen LogP contribution in [0.4, 0.5) is 10.3 Å². The van der Waals surface area contributed by atoms with Crippen LogP contribution in [0.25, 0.3) is 0 Å². The molecule has 1 aromatic rings. The van der Waals surface area contributed by atoms with Gasteiger partial charge in [0.1, 0.15) is 0 Å². The number of anilines is 2. The van der Waals surface area contributed by atoms with E-state index in [1.54, 1.807) is 0 Å². The summed E-state index contributed by atoms with van der Waals surface area (Å²) in [6.07, 6.45) is 0. The van der Waals surface area contributed by atoms with Crippen molar-refractivity contribution in [1.29, 1.82) is 0 Å². The number of amides is 1. The van der Waals surface area contributed by atoms with Gasteiger partial charge in [-0.05, 0) is 10.8 Å². The quantitative estimate of drug-likeness (QED) is 0.825. The summed E-state index contributed by atoms with van der Waals surface area (Å²) in [6, 6.07) is 0. The van der Waals surface area contributed by atoms with Crippen LogP contribution in [0.15, 0.2) is 0 Å². The fourth-order valence-electron chi connectivity index (χ4n) is 2.31. The first kappa shape index (κ1) is 11.3. The van der Waals surface area contributed by atoms with Gasteiger partial charge in [0, 0.05) is 5.92 Å². The highest BCUT2D eigenvalue weighted by molar-refractivity contribution is 7.18. The zero-order valence-electron chi connectivity index (χ0n) is 9.87. The highest BCUT2D eigenvalue weighted by Crippen LogP contribution is 2.68. The number of nitrogens with zero attached hydrogens (tertiary/aromatic N) is 2. The van der Waals surface area contributed by atoms with E-state index in [1.807, 2.05) is 0 Å². The van der Waals surface area contributed by atoms with Crippen molar-refractivity contribution in [3.8, 4) is 0 Å². The van der Waals surface area contributed by atoms with E-state index < -0.39 is 0 Å². The van der Waals surface area contributed by atoms with Gasteiger partial charge in [0.2, 0.25) is 16.2 Å². The third-order valence-electron chi connectivity index (χ3n) is 3.95. The van der Waals surface area contributed by atoms with Crippen LogP contribution in [0, 0.1) is 16.7 Å². The summed E-state index contributed by atoms with van der Waals surface area (Å²) in [5, 5.41) is 11.0. The van der Waals surface area contributed by atoms with E-state index in [4.69, 9.17) is 5.73 Å². The molecule has 0 aliphatic heterocycles. The van der Waals surface area contributed by atoms with Crippen LogP contribution in [-0.2, 0) is 4.79 Å². The number of rotatable bonds is 2. The maximum Gasteiger partial charge on any atom is 0.230 e. The van der Waals surface area contributed by atoms with Crippen molar-refractivity contribution in [3.63, 3.8) is 0 Å². The van der Waals surface area contributed by atoms with Crippen LogP contribution in [0.1, 0.15) is 27.7 Å². The van der Waals surface area contributed by atoms with Crippen molar-refractivity contribution in [2.45, 2.75) is 27.7 Å². The highest BCUT2D eigenvalue weighted by Gasteiger charge is 2.68. The number of hydrogen-bond acceptors (Lipinski definition) is 5. The molecular formula is C10H16N4OS. The molecule has 1 aliphatic carbocycles. The molecule has 0 spiro atoms. The Morgan fingerprint density at radius 3 is 2.25 bits per heavy atom. The van der Waals surface area contributed by atoms with Crippen molar-refractivity contribution < 1.29 is 4.79 Å². The number of nitrogens with two attached hydrogens (primary N) is 1. The van der Waals surface area contributed by atoms with Gasteiger partial charge in [-0.1, -0.05) is 39.0 Å². The molecule has 0 aromatic carbocycles. The first-order valence-corrected chi connectivity index (χ1v) is 5.98. The van der Waals surface area contributed by atoms with Gasteiger partial charge >= 0.3 is 0 Å². The number of carbonyl (C=O) groups is 1. The zero-order valence-corrected chi connectivity index (χ0v) is 10.7. The summed E-state index contributed by atoms with van der Waals surface area (Å²) in [7, 11) is 0. The van der Waals surface area contributed by atoms with Crippen LogP contribution < -0.4 is 11.1 Å². The molecule has 0 unspecified atom stereocenters. The van der Waals surface area contributed by atoms with Gasteiger partial charge in [0.15, 0.2) is 0 Å². The highest BCUT2D eigenvalue weighted by atomic mass is 32.1. The lowest BCUT2D eigenvalue weighted by Crippen LogP contribution is -2.17. The average Bonchev–Trinajstić information content (AvgIpc) is 2.44. The van der Waals surface area contributed by atoms with Crippen molar-refractivity contribution in [1.82, 2.24) is 10.2 Å². The van der Waals surface area contributed by atoms with Gasteiger partial charge in [-0.2, -0.15) is 0 Å². The minimum Gasteiger partial charge on any atom is -0.374 e. The van der Waals surface area contributed by atoms with Crippen LogP contribution in [0.5, 0.6) is 0 Å². The molecule has 0 radical (unpaired) electrons. The maximum atomic E-state index is 12.0. The van der Waals surface area contributed by atoms with E-state index in [2.05, 4.69) is 43.2 Å². The van der Waals surface area contributed by atoms with Gasteiger partial charge in [-0.3, -0.25) is 4.79 Å². The second-order valence-electron chi connectivity index (χ2n) is 5.31. The number of nitrogen functional groups attached to an aromatic ring is 1. The lowest BCUT2D eigenvalue weighted by Gasteiger charge is -2.03. The Hall–Kier alpha value is -1.17. The van der Waals surface area contributed by atoms with Crippen molar-refractivity contribution in [3.05, 3.63) is 0 Å². The Bertz CT molecular complexity index is 424. The molecule has 1 saturated carbocycles. The molecule has 0 saturated heterocycles. The molecule has 0 atom stereocenters. The van der Waals surface area contributed by atoms with E-state index in [0.29, 0.717) is 10.3 Å². The predicted molar refractivity (Wildman–Crippen MR) is 64.0 cm³/mol. The van der Waals surface area contributed by atoms with E-state index in [0.717, 1.165) is 0 Å². The lowest BCUT2D eigenvalue weighted by molar-refractivity contribution is -0.118. The van der Waals surface area contributed by atoms with Crippen LogP contribution in [0.2, 0.25) is 0 Å². The molecule has 6 heteroatoms. The minimum atomic E-state index is 0.00569. The molecule has 1 amide bonds. The molecule has 3 N–H and O–H groups in total. The van der Waals surface area contributed by atoms with Crippen LogP contribution in [0.3, 0.4) is 0 Å². The first-order valence-electron chi connectivity index (χ1n) is 5.16. The SMILES string of the molecule is CC1(C)C(C(=O)Nc2nnc(N)s2)C1(C)C. The van der Waals surface area contributed by atoms with Gasteiger partial charge in [-0.25, -0.2) is 0 Å². The molecule has 1 aromatic heterocycles. The number of carbonyl (C=O) groups excluding carboxylic acids is 1. The molecule has 2 rings (SSSR count). The molecule has 5 nitrogen and oxygen atoms in total. The Morgan fingerprint density at radius 1 is 1.31 bits per heavy atom. The van der Waals surface area contributed by atoms with E-state index in [9.17, 15) is 4.79 Å². The summed E-state index contributed by atoms with van der Waals surface area (Å²) < 4.78 is 0. The van der Waals surface area contributed by atoms with Crippen molar-refractivity contribution >= 4 is 27.5 Å². The van der Waals surface area contributed by atoms with Crippen molar-refractivity contribution in [2.24, 2.45) is 16.7 Å². The smallest absolute Gasteiger partial charge is 0.230 e. The summed E-state index contributed by atoms with van der Waals surface area (Å²) >= 11 is 1.19. The fraction of sp³-hybridized carbons (Fsp3) is 0.700. The second kappa shape index (κ2) is 3.16. The number of hydrogen-bond donors (Lipinski definition) is 2. The number of aromatic nitrogens is 2. The second-order valence-corrected chi connectivity index (χ2v) is 6.32. The molecule has 1 fully saturated rings. The monoisotopic (exact) mass is 240 g/mol. The van der Waals surface area contributed by atoms with Crippen molar-refractivity contribution in [2.75, 3.05) is 11.1 Å². The molecule has 1 aliphatic rings. The largest absolute Gasteiger partial charge is 0.374 e. The Kier molecular flexibility index (Phi) is 2.24. The summed E-state index contributed by atoms with van der Waals surface area (Å²) in [5.41, 5.74) is 5.52. The van der Waals surface area contributed by atoms with Crippen LogP contribution >= 0.6 is 11.3 Å². The normalized spacial score (nSPS) is 21.8. The standard InChI is InChI=1S/C10H16N4OS/c1-9(2)5(10(9,3)4)6(15)12-8-14-13-7(11)16-8/h5H,1-4H3,(H2,11,13)(H,12,14,15). The third-order valence-corrected chi connectivity index (χ3v) is 4.62. The molecule has 0 bridgehead atoms. The van der Waals surface area contributed by atoms with Gasteiger partial charge < -0.3 is 11.1 Å². The lowest BCUT2D eigenvalue weighted by atomic mass is 10.0. The molecular weight excluding hydrogens is 224 g/mol. The van der Waals surface area contributed by atoms with E-state index >= 15 is 0 Å². The molecule has 16 heavy (non-hydrogen) atoms. The molecule has 88 valence electrons.